The first-order valence-corrected chi connectivity index (χ1v) is 5.84. The van der Waals surface area contributed by atoms with Gasteiger partial charge in [-0.3, -0.25) is 4.79 Å². The molecule has 4 nitrogen and oxygen atoms in total. The Bertz CT molecular complexity index is 431. The monoisotopic (exact) mass is 234 g/mol. The number of anilines is 1. The first-order valence-electron chi connectivity index (χ1n) is 5.84. The van der Waals surface area contributed by atoms with Crippen molar-refractivity contribution in [3.63, 3.8) is 0 Å². The summed E-state index contributed by atoms with van der Waals surface area (Å²) in [6, 6.07) is 5.92. The van der Waals surface area contributed by atoms with Crippen molar-refractivity contribution in [1.82, 2.24) is 5.32 Å². The first kappa shape index (κ1) is 11.9. The molecule has 2 rings (SSSR count). The van der Waals surface area contributed by atoms with Gasteiger partial charge in [0, 0.05) is 0 Å². The molecule has 0 radical (unpaired) electrons. The maximum Gasteiger partial charge on any atom is 0.241 e. The molecule has 0 aliphatic carbocycles. The van der Waals surface area contributed by atoms with Gasteiger partial charge in [0.25, 0.3) is 0 Å². The van der Waals surface area contributed by atoms with E-state index >= 15 is 0 Å². The van der Waals surface area contributed by atoms with Crippen molar-refractivity contribution >= 4 is 11.6 Å². The summed E-state index contributed by atoms with van der Waals surface area (Å²) in [5, 5.41) is 2.89. The summed E-state index contributed by atoms with van der Waals surface area (Å²) in [5.74, 6) is 0.876. The molecule has 1 aromatic rings. The minimum Gasteiger partial charge on any atom is -0.487 e. The van der Waals surface area contributed by atoms with E-state index in [2.05, 4.69) is 5.32 Å². The number of ether oxygens (including phenoxy) is 1. The second-order valence-electron chi connectivity index (χ2n) is 4.43. The Hall–Kier alpha value is -1.55. The van der Waals surface area contributed by atoms with Gasteiger partial charge in [-0.25, -0.2) is 0 Å². The van der Waals surface area contributed by atoms with Gasteiger partial charge in [0.2, 0.25) is 5.91 Å². The summed E-state index contributed by atoms with van der Waals surface area (Å²) in [7, 11) is 1.78. The van der Waals surface area contributed by atoms with Crippen molar-refractivity contribution < 1.29 is 9.53 Å². The van der Waals surface area contributed by atoms with Gasteiger partial charge in [-0.05, 0) is 38.6 Å². The molecule has 0 saturated heterocycles. The average Bonchev–Trinajstić information content (AvgIpc) is 2.27. The number of likely N-dealkylation sites (N-methyl/N-ethyl adjacent to an activating group) is 1. The van der Waals surface area contributed by atoms with Crippen molar-refractivity contribution in [2.45, 2.75) is 20.0 Å². The Kier molecular flexibility index (Phi) is 3.33. The predicted octanol–water partition coefficient (Wildman–Crippen LogP) is 1.33. The van der Waals surface area contributed by atoms with Crippen molar-refractivity contribution in [3.05, 3.63) is 23.8 Å². The highest BCUT2D eigenvalue weighted by Crippen LogP contribution is 2.34. The predicted molar refractivity (Wildman–Crippen MR) is 67.5 cm³/mol. The third kappa shape index (κ3) is 2.42. The van der Waals surface area contributed by atoms with Crippen LogP contribution in [0.1, 0.15) is 12.5 Å². The Labute approximate surface area is 102 Å². The third-order valence-corrected chi connectivity index (χ3v) is 2.80. The quantitative estimate of drug-likeness (QED) is 0.839. The zero-order chi connectivity index (χ0) is 12.4. The molecule has 92 valence electrons. The van der Waals surface area contributed by atoms with Gasteiger partial charge in [-0.1, -0.05) is 6.07 Å². The van der Waals surface area contributed by atoms with Crippen LogP contribution in [0.5, 0.6) is 5.75 Å². The molecule has 1 aromatic carbocycles. The fourth-order valence-corrected chi connectivity index (χ4v) is 2.03. The van der Waals surface area contributed by atoms with Gasteiger partial charge >= 0.3 is 0 Å². The standard InChI is InChI=1S/C13H18N2O2/c1-9-4-5-11-12(6-9)17-10(2)8-15(11)13(16)7-14-3/h4-6,10,14H,7-8H2,1-3H3. The molecular weight excluding hydrogens is 216 g/mol. The fourth-order valence-electron chi connectivity index (χ4n) is 2.03. The molecule has 4 heteroatoms. The highest BCUT2D eigenvalue weighted by molar-refractivity contribution is 5.96. The van der Waals surface area contributed by atoms with Crippen molar-refractivity contribution in [1.29, 1.82) is 0 Å². The van der Waals surface area contributed by atoms with Crippen molar-refractivity contribution in [3.8, 4) is 5.75 Å². The molecule has 0 bridgehead atoms. The van der Waals surface area contributed by atoms with E-state index in [9.17, 15) is 4.79 Å². The number of rotatable bonds is 2. The number of aryl methyl sites for hydroxylation is 1. The number of hydrogen-bond acceptors (Lipinski definition) is 3. The molecule has 1 atom stereocenters. The van der Waals surface area contributed by atoms with Gasteiger partial charge in [-0.2, -0.15) is 0 Å². The molecule has 1 aliphatic rings. The Morgan fingerprint density at radius 3 is 3.06 bits per heavy atom. The number of nitrogens with one attached hydrogen (secondary N) is 1. The smallest absolute Gasteiger partial charge is 0.241 e. The van der Waals surface area contributed by atoms with Crippen LogP contribution in [-0.4, -0.2) is 32.1 Å². The van der Waals surface area contributed by atoms with E-state index in [0.29, 0.717) is 13.1 Å². The summed E-state index contributed by atoms with van der Waals surface area (Å²) in [5.41, 5.74) is 2.01. The van der Waals surface area contributed by atoms with E-state index in [1.807, 2.05) is 32.0 Å². The van der Waals surface area contributed by atoms with Crippen LogP contribution in [0.25, 0.3) is 0 Å². The SMILES string of the molecule is CNCC(=O)N1CC(C)Oc2cc(C)ccc21. The van der Waals surface area contributed by atoms with Gasteiger partial charge in [0.05, 0.1) is 18.8 Å². The lowest BCUT2D eigenvalue weighted by Gasteiger charge is -2.33. The van der Waals surface area contributed by atoms with E-state index in [4.69, 9.17) is 4.74 Å². The maximum atomic E-state index is 12.0. The van der Waals surface area contributed by atoms with Crippen LogP contribution in [0.2, 0.25) is 0 Å². The number of carbonyl (C=O) groups excluding carboxylic acids is 1. The summed E-state index contributed by atoms with van der Waals surface area (Å²) in [4.78, 5) is 13.8. The number of fused-ring (bicyclic) bond motifs is 1. The largest absolute Gasteiger partial charge is 0.487 e. The minimum atomic E-state index is 0.0325. The number of benzene rings is 1. The molecule has 0 aromatic heterocycles. The second-order valence-corrected chi connectivity index (χ2v) is 4.43. The van der Waals surface area contributed by atoms with Crippen LogP contribution in [0, 0.1) is 6.92 Å². The summed E-state index contributed by atoms with van der Waals surface area (Å²) in [6.07, 6.45) is 0.0325. The molecule has 1 N–H and O–H groups in total. The third-order valence-electron chi connectivity index (χ3n) is 2.80. The van der Waals surface area contributed by atoms with E-state index in [-0.39, 0.29) is 12.0 Å². The summed E-state index contributed by atoms with van der Waals surface area (Å²) in [6.45, 7) is 4.95. The molecule has 1 heterocycles. The topological polar surface area (TPSA) is 41.6 Å². The zero-order valence-electron chi connectivity index (χ0n) is 10.5. The van der Waals surface area contributed by atoms with Crippen LogP contribution >= 0.6 is 0 Å². The number of amides is 1. The highest BCUT2D eigenvalue weighted by atomic mass is 16.5. The van der Waals surface area contributed by atoms with Crippen molar-refractivity contribution in [2.75, 3.05) is 25.0 Å². The zero-order valence-corrected chi connectivity index (χ0v) is 10.5. The van der Waals surface area contributed by atoms with E-state index in [1.165, 1.54) is 0 Å². The summed E-state index contributed by atoms with van der Waals surface area (Å²) >= 11 is 0. The second kappa shape index (κ2) is 4.75. The molecule has 0 spiro atoms. The van der Waals surface area contributed by atoms with Crippen LogP contribution in [0.4, 0.5) is 5.69 Å². The number of nitrogens with zero attached hydrogens (tertiary/aromatic N) is 1. The molecular formula is C13H18N2O2. The van der Waals surface area contributed by atoms with Crippen LogP contribution in [0.15, 0.2) is 18.2 Å². The molecule has 1 unspecified atom stereocenters. The molecule has 1 amide bonds. The highest BCUT2D eigenvalue weighted by Gasteiger charge is 2.26. The fraction of sp³-hybridized carbons (Fsp3) is 0.462. The lowest BCUT2D eigenvalue weighted by molar-refractivity contribution is -0.118. The lowest BCUT2D eigenvalue weighted by Crippen LogP contribution is -2.45. The van der Waals surface area contributed by atoms with E-state index in [0.717, 1.165) is 17.0 Å². The molecule has 17 heavy (non-hydrogen) atoms. The summed E-state index contributed by atoms with van der Waals surface area (Å²) < 4.78 is 5.76. The normalized spacial score (nSPS) is 18.5. The lowest BCUT2D eigenvalue weighted by atomic mass is 10.1. The number of carbonyl (C=O) groups is 1. The van der Waals surface area contributed by atoms with E-state index < -0.39 is 0 Å². The van der Waals surface area contributed by atoms with Gasteiger partial charge in [-0.15, -0.1) is 0 Å². The Morgan fingerprint density at radius 2 is 2.35 bits per heavy atom. The minimum absolute atomic E-state index is 0.0325. The molecule has 0 saturated carbocycles. The van der Waals surface area contributed by atoms with Crippen LogP contribution in [-0.2, 0) is 4.79 Å². The van der Waals surface area contributed by atoms with Crippen molar-refractivity contribution in [2.24, 2.45) is 0 Å². The first-order chi connectivity index (χ1) is 8.11. The number of hydrogen-bond donors (Lipinski definition) is 1. The van der Waals surface area contributed by atoms with Crippen LogP contribution < -0.4 is 15.0 Å². The Morgan fingerprint density at radius 1 is 1.59 bits per heavy atom. The van der Waals surface area contributed by atoms with Gasteiger partial charge in [0.1, 0.15) is 11.9 Å². The van der Waals surface area contributed by atoms with Crippen LogP contribution in [0.3, 0.4) is 0 Å². The molecule has 1 aliphatic heterocycles. The van der Waals surface area contributed by atoms with Gasteiger partial charge < -0.3 is 15.0 Å². The average molecular weight is 234 g/mol. The molecule has 0 fully saturated rings. The van der Waals surface area contributed by atoms with E-state index in [1.54, 1.807) is 11.9 Å². The maximum absolute atomic E-state index is 12.0. The Balaban J connectivity index is 2.34. The van der Waals surface area contributed by atoms with Gasteiger partial charge in [0.15, 0.2) is 0 Å².